The molecule has 1 N–H and O–H groups in total. The number of aromatic nitrogens is 3. The van der Waals surface area contributed by atoms with E-state index in [1.165, 1.54) is 18.1 Å². The zero-order valence-electron chi connectivity index (χ0n) is 17.2. The van der Waals surface area contributed by atoms with Crippen molar-refractivity contribution in [3.05, 3.63) is 59.6 Å². The van der Waals surface area contributed by atoms with Gasteiger partial charge in [0.2, 0.25) is 0 Å². The van der Waals surface area contributed by atoms with Gasteiger partial charge < -0.3 is 23.8 Å². The summed E-state index contributed by atoms with van der Waals surface area (Å²) in [4.78, 5) is 14.5. The topological polar surface area (TPSA) is 94.7 Å². The number of ether oxygens (including phenoxy) is 2. The molecule has 0 saturated carbocycles. The van der Waals surface area contributed by atoms with Gasteiger partial charge in [-0.25, -0.2) is 0 Å². The molecule has 0 fully saturated rings. The van der Waals surface area contributed by atoms with Crippen molar-refractivity contribution in [1.82, 2.24) is 25.0 Å². The zero-order valence-corrected chi connectivity index (χ0v) is 17.2. The van der Waals surface area contributed by atoms with E-state index in [1.54, 1.807) is 6.07 Å². The number of nitrogens with one attached hydrogen (secondary N) is 1. The van der Waals surface area contributed by atoms with Crippen LogP contribution in [0.15, 0.2) is 41.2 Å². The number of carbonyl (C=O) groups excluding carboxylic acids is 1. The van der Waals surface area contributed by atoms with E-state index in [9.17, 15) is 4.79 Å². The van der Waals surface area contributed by atoms with Gasteiger partial charge >= 0.3 is 0 Å². The Morgan fingerprint density at radius 2 is 1.97 bits per heavy atom. The van der Waals surface area contributed by atoms with E-state index in [-0.39, 0.29) is 5.91 Å². The molecule has 2 aliphatic rings. The molecule has 3 aromatic rings. The van der Waals surface area contributed by atoms with Crippen LogP contribution in [-0.2, 0) is 25.9 Å². The molecule has 0 radical (unpaired) electrons. The molecule has 0 atom stereocenters. The minimum Gasteiger partial charge on any atom is -0.486 e. The normalized spacial score (nSPS) is 15.9. The maximum Gasteiger partial charge on any atom is 0.254 e. The molecule has 0 unspecified atom stereocenters. The summed E-state index contributed by atoms with van der Waals surface area (Å²) < 4.78 is 18.5. The molecule has 9 nitrogen and oxygen atoms in total. The smallest absolute Gasteiger partial charge is 0.254 e. The Kier molecular flexibility index (Phi) is 5.57. The summed E-state index contributed by atoms with van der Waals surface area (Å²) in [5, 5.41) is 11.6. The molecule has 1 amide bonds. The number of furan rings is 1. The molecule has 1 aromatic carbocycles. The van der Waals surface area contributed by atoms with Crippen molar-refractivity contribution in [1.29, 1.82) is 0 Å². The van der Waals surface area contributed by atoms with Gasteiger partial charge in [-0.2, -0.15) is 0 Å². The second kappa shape index (κ2) is 8.81. The molecule has 2 aliphatic heterocycles. The molecule has 0 spiro atoms. The number of hydrogen-bond donors (Lipinski definition) is 1. The highest BCUT2D eigenvalue weighted by atomic mass is 16.6. The predicted octanol–water partition coefficient (Wildman–Crippen LogP) is 1.67. The van der Waals surface area contributed by atoms with Gasteiger partial charge in [0.05, 0.1) is 11.8 Å². The van der Waals surface area contributed by atoms with Crippen LogP contribution in [0.2, 0.25) is 0 Å². The summed E-state index contributed by atoms with van der Waals surface area (Å²) in [5.41, 5.74) is 1.74. The van der Waals surface area contributed by atoms with Crippen LogP contribution in [0.1, 0.15) is 27.6 Å². The van der Waals surface area contributed by atoms with Crippen LogP contribution in [0.3, 0.4) is 0 Å². The number of benzene rings is 1. The quantitative estimate of drug-likeness (QED) is 0.644. The molecule has 5 rings (SSSR count). The maximum absolute atomic E-state index is 12.0. The van der Waals surface area contributed by atoms with Gasteiger partial charge in [-0.05, 0) is 23.8 Å². The highest BCUT2D eigenvalue weighted by Crippen LogP contribution is 2.31. The zero-order chi connectivity index (χ0) is 21.0. The first-order chi connectivity index (χ1) is 15.3. The standard InChI is InChI=1S/C22H25N5O4/c28-22(17-5-10-29-15-17)23-6-3-20-24-25-21-4-7-26(8-9-27(20)21)14-16-1-2-18-19(13-16)31-12-11-30-18/h1-2,5,10,13,15H,3-4,6-9,11-12,14H2,(H,23,28). The van der Waals surface area contributed by atoms with E-state index in [4.69, 9.17) is 13.9 Å². The van der Waals surface area contributed by atoms with Gasteiger partial charge in [0.1, 0.15) is 31.1 Å². The summed E-state index contributed by atoms with van der Waals surface area (Å²) in [6.45, 7) is 5.22. The minimum atomic E-state index is -0.144. The molecular formula is C22H25N5O4. The second-order valence-electron chi connectivity index (χ2n) is 7.71. The molecule has 0 bridgehead atoms. The summed E-state index contributed by atoms with van der Waals surface area (Å²) in [5.74, 6) is 3.41. The SMILES string of the molecule is O=C(NCCc1nnc2n1CCN(Cc1ccc3c(c1)OCCO3)CC2)c1ccoc1. The van der Waals surface area contributed by atoms with Gasteiger partial charge in [0.15, 0.2) is 11.5 Å². The maximum atomic E-state index is 12.0. The van der Waals surface area contributed by atoms with Crippen LogP contribution < -0.4 is 14.8 Å². The second-order valence-corrected chi connectivity index (χ2v) is 7.71. The minimum absolute atomic E-state index is 0.144. The highest BCUT2D eigenvalue weighted by molar-refractivity contribution is 5.93. The van der Waals surface area contributed by atoms with Crippen molar-refractivity contribution < 1.29 is 18.7 Å². The summed E-state index contributed by atoms with van der Waals surface area (Å²) >= 11 is 0. The molecule has 9 heteroatoms. The van der Waals surface area contributed by atoms with E-state index in [2.05, 4.69) is 37.1 Å². The average molecular weight is 423 g/mol. The van der Waals surface area contributed by atoms with Crippen molar-refractivity contribution in [2.24, 2.45) is 0 Å². The van der Waals surface area contributed by atoms with Crippen LogP contribution in [0.4, 0.5) is 0 Å². The van der Waals surface area contributed by atoms with E-state index < -0.39 is 0 Å². The molecular weight excluding hydrogens is 398 g/mol. The summed E-state index contributed by atoms with van der Waals surface area (Å²) in [6, 6.07) is 7.82. The lowest BCUT2D eigenvalue weighted by Gasteiger charge is -2.22. The molecule has 0 aliphatic carbocycles. The van der Waals surface area contributed by atoms with Crippen molar-refractivity contribution in [2.45, 2.75) is 25.9 Å². The van der Waals surface area contributed by atoms with E-state index in [1.807, 2.05) is 6.07 Å². The molecule has 31 heavy (non-hydrogen) atoms. The van der Waals surface area contributed by atoms with Crippen molar-refractivity contribution in [2.75, 3.05) is 32.8 Å². The first-order valence-electron chi connectivity index (χ1n) is 10.6. The van der Waals surface area contributed by atoms with Crippen molar-refractivity contribution in [3.8, 4) is 11.5 Å². The number of amides is 1. The Balaban J connectivity index is 1.16. The van der Waals surface area contributed by atoms with Gasteiger partial charge in [-0.1, -0.05) is 6.07 Å². The van der Waals surface area contributed by atoms with Crippen LogP contribution in [-0.4, -0.2) is 58.4 Å². The molecule has 162 valence electrons. The Bertz CT molecular complexity index is 1050. The Hall–Kier alpha value is -3.33. The third-order valence-electron chi connectivity index (χ3n) is 5.63. The number of nitrogens with zero attached hydrogens (tertiary/aromatic N) is 4. The first kappa shape index (κ1) is 19.6. The summed E-state index contributed by atoms with van der Waals surface area (Å²) in [7, 11) is 0. The van der Waals surface area contributed by atoms with Crippen molar-refractivity contribution in [3.63, 3.8) is 0 Å². The van der Waals surface area contributed by atoms with Crippen LogP contribution in [0.5, 0.6) is 11.5 Å². The highest BCUT2D eigenvalue weighted by Gasteiger charge is 2.20. The van der Waals surface area contributed by atoms with E-state index >= 15 is 0 Å². The third-order valence-corrected chi connectivity index (χ3v) is 5.63. The van der Waals surface area contributed by atoms with Crippen LogP contribution in [0.25, 0.3) is 0 Å². The number of rotatable bonds is 6. The molecule has 4 heterocycles. The lowest BCUT2D eigenvalue weighted by atomic mass is 10.1. The van der Waals surface area contributed by atoms with E-state index in [0.29, 0.717) is 31.7 Å². The van der Waals surface area contributed by atoms with Gasteiger partial charge in [0, 0.05) is 45.6 Å². The van der Waals surface area contributed by atoms with Crippen LogP contribution in [0, 0.1) is 0 Å². The lowest BCUT2D eigenvalue weighted by Crippen LogP contribution is -2.28. The average Bonchev–Trinajstić information content (AvgIpc) is 3.42. The third kappa shape index (κ3) is 4.41. The number of hydrogen-bond acceptors (Lipinski definition) is 7. The largest absolute Gasteiger partial charge is 0.486 e. The Labute approximate surface area is 180 Å². The monoisotopic (exact) mass is 423 g/mol. The number of carbonyl (C=O) groups is 1. The fourth-order valence-electron chi connectivity index (χ4n) is 4.00. The van der Waals surface area contributed by atoms with Crippen molar-refractivity contribution >= 4 is 5.91 Å². The van der Waals surface area contributed by atoms with Gasteiger partial charge in [0.25, 0.3) is 5.91 Å². The molecule has 0 saturated heterocycles. The molecule has 2 aromatic heterocycles. The fourth-order valence-corrected chi connectivity index (χ4v) is 4.00. The lowest BCUT2D eigenvalue weighted by molar-refractivity contribution is 0.0953. The first-order valence-corrected chi connectivity index (χ1v) is 10.6. The predicted molar refractivity (Wildman–Crippen MR) is 111 cm³/mol. The number of fused-ring (bicyclic) bond motifs is 2. The van der Waals surface area contributed by atoms with Gasteiger partial charge in [-0.3, -0.25) is 9.69 Å². The summed E-state index contributed by atoms with van der Waals surface area (Å²) in [6.07, 6.45) is 4.41. The Morgan fingerprint density at radius 3 is 2.84 bits per heavy atom. The van der Waals surface area contributed by atoms with Crippen LogP contribution >= 0.6 is 0 Å². The van der Waals surface area contributed by atoms with Gasteiger partial charge in [-0.15, -0.1) is 10.2 Å². The Morgan fingerprint density at radius 1 is 1.06 bits per heavy atom. The fraction of sp³-hybridized carbons (Fsp3) is 0.409. The van der Waals surface area contributed by atoms with E-state index in [0.717, 1.165) is 55.7 Å².